The molecule has 0 aromatic heterocycles. The average Bonchev–Trinajstić information content (AvgIpc) is 2.78. The first-order valence-electron chi connectivity index (χ1n) is 6.59. The Morgan fingerprint density at radius 3 is 1.68 bits per heavy atom. The Bertz CT molecular complexity index is 248. The molecule has 1 saturated heterocycles. The average molecular weight is 275 g/mol. The highest BCUT2D eigenvalue weighted by Crippen LogP contribution is 2.01. The first-order chi connectivity index (χ1) is 8.83. The van der Waals surface area contributed by atoms with Crippen LogP contribution in [0.15, 0.2) is 0 Å². The molecule has 0 aromatic rings. The van der Waals surface area contributed by atoms with Crippen molar-refractivity contribution in [2.75, 3.05) is 26.7 Å². The SMILES string of the molecule is CC.CC(C)=O.CCN1CCC(=O)C1.COC(C)=O. The molecule has 0 atom stereocenters. The highest BCUT2D eigenvalue weighted by atomic mass is 16.5. The van der Waals surface area contributed by atoms with Crippen molar-refractivity contribution in [2.24, 2.45) is 0 Å². The Labute approximate surface area is 117 Å². The number of rotatable bonds is 1. The number of nitrogens with zero attached hydrogens (tertiary/aromatic N) is 1. The maximum Gasteiger partial charge on any atom is 0.302 e. The smallest absolute Gasteiger partial charge is 0.302 e. The molecule has 5 heteroatoms. The summed E-state index contributed by atoms with van der Waals surface area (Å²) in [6.45, 7) is 13.2. The van der Waals surface area contributed by atoms with Crippen LogP contribution in [-0.4, -0.2) is 49.2 Å². The Kier molecular flexibility index (Phi) is 20.2. The Morgan fingerprint density at radius 2 is 1.58 bits per heavy atom. The maximum absolute atomic E-state index is 10.6. The fourth-order valence-electron chi connectivity index (χ4n) is 0.960. The third kappa shape index (κ3) is 26.4. The largest absolute Gasteiger partial charge is 0.469 e. The van der Waals surface area contributed by atoms with E-state index in [1.807, 2.05) is 13.8 Å². The minimum absolute atomic E-state index is 0.167. The van der Waals surface area contributed by atoms with Gasteiger partial charge in [0.25, 0.3) is 0 Å². The summed E-state index contributed by atoms with van der Waals surface area (Å²) in [5.41, 5.74) is 0. The van der Waals surface area contributed by atoms with Gasteiger partial charge >= 0.3 is 5.97 Å². The number of carbonyl (C=O) groups excluding carboxylic acids is 3. The van der Waals surface area contributed by atoms with Gasteiger partial charge < -0.3 is 9.53 Å². The molecule has 0 saturated carbocycles. The molecule has 0 unspecified atom stereocenters. The van der Waals surface area contributed by atoms with Gasteiger partial charge in [-0.25, -0.2) is 0 Å². The molecule has 1 heterocycles. The van der Waals surface area contributed by atoms with Gasteiger partial charge in [-0.3, -0.25) is 14.5 Å². The zero-order valence-corrected chi connectivity index (χ0v) is 13.4. The second kappa shape index (κ2) is 16.8. The van der Waals surface area contributed by atoms with Crippen LogP contribution in [0, 0.1) is 0 Å². The molecule has 1 rings (SSSR count). The van der Waals surface area contributed by atoms with Crippen LogP contribution in [0.3, 0.4) is 0 Å². The summed E-state index contributed by atoms with van der Waals surface area (Å²) in [5.74, 6) is 0.317. The monoisotopic (exact) mass is 275 g/mol. The van der Waals surface area contributed by atoms with E-state index in [0.29, 0.717) is 12.3 Å². The van der Waals surface area contributed by atoms with Crippen LogP contribution in [0.1, 0.15) is 48.0 Å². The van der Waals surface area contributed by atoms with E-state index in [0.717, 1.165) is 19.5 Å². The van der Waals surface area contributed by atoms with Crippen molar-refractivity contribution in [3.05, 3.63) is 0 Å². The lowest BCUT2D eigenvalue weighted by atomic mass is 10.4. The number of esters is 1. The summed E-state index contributed by atoms with van der Waals surface area (Å²) in [6, 6.07) is 0. The Morgan fingerprint density at radius 1 is 1.21 bits per heavy atom. The number of methoxy groups -OCH3 is 1. The standard InChI is InChI=1S/C6H11NO.C3H6O2.C3H6O.C2H6/c1-2-7-4-3-6(8)5-7;1-3(4)5-2;1-3(2)4;1-2/h2-5H2,1H3;1-2H3;1-2H3;1-2H3. The zero-order chi connectivity index (χ0) is 15.8. The van der Waals surface area contributed by atoms with Crippen LogP contribution in [0.2, 0.25) is 0 Å². The van der Waals surface area contributed by atoms with E-state index >= 15 is 0 Å². The molecular formula is C14H29NO4. The van der Waals surface area contributed by atoms with Crippen LogP contribution in [0.5, 0.6) is 0 Å². The molecule has 19 heavy (non-hydrogen) atoms. The van der Waals surface area contributed by atoms with Gasteiger partial charge in [0.2, 0.25) is 0 Å². The summed E-state index contributed by atoms with van der Waals surface area (Å²) >= 11 is 0. The van der Waals surface area contributed by atoms with E-state index in [2.05, 4.69) is 16.6 Å². The number of likely N-dealkylation sites (tertiary alicyclic amines) is 1. The summed E-state index contributed by atoms with van der Waals surface area (Å²) in [6.07, 6.45) is 0.772. The molecule has 0 spiro atoms. The van der Waals surface area contributed by atoms with Crippen molar-refractivity contribution in [3.8, 4) is 0 Å². The van der Waals surface area contributed by atoms with Crippen LogP contribution in [0.4, 0.5) is 0 Å². The predicted molar refractivity (Wildman–Crippen MR) is 77.1 cm³/mol. The van der Waals surface area contributed by atoms with E-state index in [-0.39, 0.29) is 11.8 Å². The lowest BCUT2D eigenvalue weighted by Crippen LogP contribution is -2.19. The normalized spacial score (nSPS) is 12.9. The highest BCUT2D eigenvalue weighted by molar-refractivity contribution is 5.82. The number of carbonyl (C=O) groups is 3. The number of likely N-dealkylation sites (N-methyl/N-ethyl adjacent to an activating group) is 1. The fourth-order valence-corrected chi connectivity index (χ4v) is 0.960. The van der Waals surface area contributed by atoms with Crippen molar-refractivity contribution >= 4 is 17.5 Å². The first-order valence-corrected chi connectivity index (χ1v) is 6.59. The molecule has 5 nitrogen and oxygen atoms in total. The van der Waals surface area contributed by atoms with E-state index in [1.165, 1.54) is 27.9 Å². The molecule has 1 aliphatic rings. The lowest BCUT2D eigenvalue weighted by Gasteiger charge is -2.07. The molecular weight excluding hydrogens is 246 g/mol. The number of ether oxygens (including phenoxy) is 1. The van der Waals surface area contributed by atoms with Crippen LogP contribution >= 0.6 is 0 Å². The third-order valence-electron chi connectivity index (χ3n) is 1.84. The van der Waals surface area contributed by atoms with Crippen LogP contribution in [0.25, 0.3) is 0 Å². The van der Waals surface area contributed by atoms with Gasteiger partial charge in [0.05, 0.1) is 13.7 Å². The van der Waals surface area contributed by atoms with Gasteiger partial charge in [0, 0.05) is 19.9 Å². The first kappa shape index (κ1) is 22.9. The van der Waals surface area contributed by atoms with E-state index in [4.69, 9.17) is 0 Å². The van der Waals surface area contributed by atoms with Crippen molar-refractivity contribution in [2.45, 2.75) is 48.0 Å². The lowest BCUT2D eigenvalue weighted by molar-refractivity contribution is -0.138. The quantitative estimate of drug-likeness (QED) is 0.686. The molecule has 0 N–H and O–H groups in total. The number of hydrogen-bond acceptors (Lipinski definition) is 5. The second-order valence-electron chi connectivity index (χ2n) is 3.76. The molecule has 0 radical (unpaired) electrons. The number of hydrogen-bond donors (Lipinski definition) is 0. The third-order valence-corrected chi connectivity index (χ3v) is 1.84. The summed E-state index contributed by atoms with van der Waals surface area (Å²) in [4.78, 5) is 31.8. The highest BCUT2D eigenvalue weighted by Gasteiger charge is 2.16. The van der Waals surface area contributed by atoms with Gasteiger partial charge in [0.1, 0.15) is 11.6 Å². The number of ketones is 2. The van der Waals surface area contributed by atoms with E-state index in [1.54, 1.807) is 0 Å². The fraction of sp³-hybridized carbons (Fsp3) is 0.786. The summed E-state index contributed by atoms with van der Waals surface area (Å²) in [7, 11) is 1.35. The van der Waals surface area contributed by atoms with Gasteiger partial charge in [-0.2, -0.15) is 0 Å². The maximum atomic E-state index is 10.6. The number of Topliss-reactive ketones (excluding diaryl/α,β-unsaturated/α-hetero) is 2. The summed E-state index contributed by atoms with van der Waals surface area (Å²) in [5, 5.41) is 0. The van der Waals surface area contributed by atoms with Crippen LogP contribution < -0.4 is 0 Å². The van der Waals surface area contributed by atoms with E-state index < -0.39 is 0 Å². The molecule has 0 aromatic carbocycles. The minimum Gasteiger partial charge on any atom is -0.469 e. The molecule has 114 valence electrons. The molecule has 0 bridgehead atoms. The van der Waals surface area contributed by atoms with Crippen molar-refractivity contribution in [3.63, 3.8) is 0 Å². The molecule has 0 aliphatic carbocycles. The van der Waals surface area contributed by atoms with Gasteiger partial charge in [-0.1, -0.05) is 20.8 Å². The predicted octanol–water partition coefficient (Wildman–Crippen LogP) is 2.08. The minimum atomic E-state index is -0.245. The molecule has 1 fully saturated rings. The van der Waals surface area contributed by atoms with Crippen molar-refractivity contribution in [1.29, 1.82) is 0 Å². The molecule has 1 aliphatic heterocycles. The van der Waals surface area contributed by atoms with Crippen molar-refractivity contribution < 1.29 is 19.1 Å². The zero-order valence-electron chi connectivity index (χ0n) is 13.4. The van der Waals surface area contributed by atoms with E-state index in [9.17, 15) is 14.4 Å². The van der Waals surface area contributed by atoms with Crippen LogP contribution in [-0.2, 0) is 19.1 Å². The Balaban J connectivity index is -0.000000203. The van der Waals surface area contributed by atoms with Gasteiger partial charge in [0.15, 0.2) is 0 Å². The second-order valence-corrected chi connectivity index (χ2v) is 3.76. The van der Waals surface area contributed by atoms with Gasteiger partial charge in [-0.05, 0) is 20.4 Å². The van der Waals surface area contributed by atoms with Gasteiger partial charge in [-0.15, -0.1) is 0 Å². The topological polar surface area (TPSA) is 63.7 Å². The molecule has 0 amide bonds. The van der Waals surface area contributed by atoms with Crippen molar-refractivity contribution in [1.82, 2.24) is 4.90 Å². The Hall–Kier alpha value is -1.23. The summed E-state index contributed by atoms with van der Waals surface area (Å²) < 4.78 is 4.11.